The Hall–Kier alpha value is -1.29. The maximum Gasteiger partial charge on any atom is 0.148 e. The summed E-state index contributed by atoms with van der Waals surface area (Å²) in [6.45, 7) is 0.788. The zero-order chi connectivity index (χ0) is 10.7. The fraction of sp³-hybridized carbons (Fsp3) is 0.182. The highest BCUT2D eigenvalue weighted by Crippen LogP contribution is 2.12. The zero-order valence-corrected chi connectivity index (χ0v) is 10.0. The first-order valence-electron chi connectivity index (χ1n) is 4.72. The Labute approximate surface area is 97.2 Å². The van der Waals surface area contributed by atoms with Gasteiger partial charge in [0.05, 0.1) is 0 Å². The first-order valence-corrected chi connectivity index (χ1v) is 5.51. The van der Waals surface area contributed by atoms with Gasteiger partial charge in [-0.05, 0) is 17.7 Å². The highest BCUT2D eigenvalue weighted by atomic mass is 79.9. The summed E-state index contributed by atoms with van der Waals surface area (Å²) in [6, 6.07) is 10.2. The molecule has 0 bridgehead atoms. The molecule has 0 unspecified atom stereocenters. The van der Waals surface area contributed by atoms with Crippen molar-refractivity contribution in [3.05, 3.63) is 46.6 Å². The smallest absolute Gasteiger partial charge is 0.148 e. The van der Waals surface area contributed by atoms with Crippen molar-refractivity contribution in [3.63, 3.8) is 0 Å². The van der Waals surface area contributed by atoms with E-state index in [1.165, 1.54) is 5.56 Å². The van der Waals surface area contributed by atoms with E-state index in [9.17, 15) is 0 Å². The maximum atomic E-state index is 4.24. The van der Waals surface area contributed by atoms with Crippen LogP contribution in [0.2, 0.25) is 0 Å². The first kappa shape index (κ1) is 10.2. The lowest BCUT2D eigenvalue weighted by molar-refractivity contribution is 0.768. The average Bonchev–Trinajstić information content (AvgIpc) is 2.62. The van der Waals surface area contributed by atoms with Crippen LogP contribution in [0.5, 0.6) is 0 Å². The molecule has 0 fully saturated rings. The molecule has 0 spiro atoms. The van der Waals surface area contributed by atoms with Crippen LogP contribution in [0.4, 0.5) is 5.82 Å². The molecule has 1 aromatic carbocycles. The molecule has 4 heteroatoms. The first-order chi connectivity index (χ1) is 7.24. The van der Waals surface area contributed by atoms with Crippen LogP contribution in [0.1, 0.15) is 5.56 Å². The summed E-state index contributed by atoms with van der Waals surface area (Å²) in [4.78, 5) is 0. The molecule has 0 aliphatic heterocycles. The van der Waals surface area contributed by atoms with Gasteiger partial charge in [-0.2, -0.15) is 5.10 Å². The monoisotopic (exact) mass is 265 g/mol. The summed E-state index contributed by atoms with van der Waals surface area (Å²) in [5.41, 5.74) is 1.23. The second kappa shape index (κ2) is 4.49. The third-order valence-corrected chi connectivity index (χ3v) is 2.57. The molecule has 78 valence electrons. The fourth-order valence-corrected chi connectivity index (χ4v) is 1.80. The van der Waals surface area contributed by atoms with E-state index in [1.54, 1.807) is 4.68 Å². The van der Waals surface area contributed by atoms with Crippen molar-refractivity contribution in [2.75, 3.05) is 5.32 Å². The quantitative estimate of drug-likeness (QED) is 0.925. The largest absolute Gasteiger partial charge is 0.365 e. The van der Waals surface area contributed by atoms with Crippen molar-refractivity contribution in [1.29, 1.82) is 0 Å². The molecule has 0 radical (unpaired) electrons. The van der Waals surface area contributed by atoms with Crippen molar-refractivity contribution < 1.29 is 0 Å². The second-order valence-corrected chi connectivity index (χ2v) is 4.27. The Balaban J connectivity index is 1.99. The number of aryl methyl sites for hydroxylation is 1. The standard InChI is InChI=1S/C11H12BrN3/c1-15-6-5-11(14-15)13-8-9-3-2-4-10(12)7-9/h2-7H,8H2,1H3,(H,13,14). The number of hydrogen-bond acceptors (Lipinski definition) is 2. The second-order valence-electron chi connectivity index (χ2n) is 3.36. The molecule has 0 atom stereocenters. The van der Waals surface area contributed by atoms with Crippen LogP contribution in [0, 0.1) is 0 Å². The van der Waals surface area contributed by atoms with E-state index >= 15 is 0 Å². The van der Waals surface area contributed by atoms with Crippen molar-refractivity contribution in [1.82, 2.24) is 9.78 Å². The molecule has 0 saturated heterocycles. The Morgan fingerprint density at radius 1 is 1.40 bits per heavy atom. The van der Waals surface area contributed by atoms with Gasteiger partial charge in [-0.1, -0.05) is 28.1 Å². The van der Waals surface area contributed by atoms with Gasteiger partial charge in [0, 0.05) is 30.3 Å². The number of nitrogens with one attached hydrogen (secondary N) is 1. The molecule has 1 heterocycles. The minimum absolute atomic E-state index is 0.788. The van der Waals surface area contributed by atoms with Crippen LogP contribution in [0.3, 0.4) is 0 Å². The molecule has 2 aromatic rings. The molecular formula is C11H12BrN3. The number of anilines is 1. The summed E-state index contributed by atoms with van der Waals surface area (Å²) in [6.07, 6.45) is 1.92. The van der Waals surface area contributed by atoms with Gasteiger partial charge in [-0.15, -0.1) is 0 Å². The Bertz CT molecular complexity index is 451. The highest BCUT2D eigenvalue weighted by molar-refractivity contribution is 9.10. The number of aromatic nitrogens is 2. The summed E-state index contributed by atoms with van der Waals surface area (Å²) < 4.78 is 2.88. The van der Waals surface area contributed by atoms with E-state index < -0.39 is 0 Å². The predicted octanol–water partition coefficient (Wildman–Crippen LogP) is 2.79. The molecule has 1 aromatic heterocycles. The van der Waals surface area contributed by atoms with Crippen LogP contribution in [0.15, 0.2) is 41.0 Å². The number of nitrogens with zero attached hydrogens (tertiary/aromatic N) is 2. The van der Waals surface area contributed by atoms with Crippen LogP contribution < -0.4 is 5.32 Å². The van der Waals surface area contributed by atoms with E-state index in [2.05, 4.69) is 38.5 Å². The topological polar surface area (TPSA) is 29.9 Å². The van der Waals surface area contributed by atoms with E-state index in [0.717, 1.165) is 16.8 Å². The average molecular weight is 266 g/mol. The van der Waals surface area contributed by atoms with Crippen LogP contribution >= 0.6 is 15.9 Å². The fourth-order valence-electron chi connectivity index (χ4n) is 1.35. The normalized spacial score (nSPS) is 10.3. The lowest BCUT2D eigenvalue weighted by Crippen LogP contribution is -2.00. The van der Waals surface area contributed by atoms with Crippen molar-refractivity contribution >= 4 is 21.7 Å². The summed E-state index contributed by atoms with van der Waals surface area (Å²) >= 11 is 3.44. The molecule has 2 rings (SSSR count). The van der Waals surface area contributed by atoms with E-state index in [1.807, 2.05) is 31.4 Å². The Kier molecular flexibility index (Phi) is 3.06. The van der Waals surface area contributed by atoms with Gasteiger partial charge in [-0.25, -0.2) is 0 Å². The Morgan fingerprint density at radius 2 is 2.27 bits per heavy atom. The molecule has 0 aliphatic rings. The zero-order valence-electron chi connectivity index (χ0n) is 8.44. The Morgan fingerprint density at radius 3 is 2.93 bits per heavy atom. The predicted molar refractivity (Wildman–Crippen MR) is 64.7 cm³/mol. The van der Waals surface area contributed by atoms with Gasteiger partial charge in [0.1, 0.15) is 5.82 Å². The lowest BCUT2D eigenvalue weighted by Gasteiger charge is -2.03. The SMILES string of the molecule is Cn1ccc(NCc2cccc(Br)c2)n1. The van der Waals surface area contributed by atoms with Crippen LogP contribution in [0.25, 0.3) is 0 Å². The molecule has 0 saturated carbocycles. The van der Waals surface area contributed by atoms with Gasteiger partial charge in [-0.3, -0.25) is 4.68 Å². The van der Waals surface area contributed by atoms with Crippen LogP contribution in [-0.2, 0) is 13.6 Å². The van der Waals surface area contributed by atoms with E-state index in [4.69, 9.17) is 0 Å². The lowest BCUT2D eigenvalue weighted by atomic mass is 10.2. The summed E-state index contributed by atoms with van der Waals surface area (Å²) in [7, 11) is 1.91. The minimum atomic E-state index is 0.788. The van der Waals surface area contributed by atoms with Crippen molar-refractivity contribution in [2.45, 2.75) is 6.54 Å². The maximum absolute atomic E-state index is 4.24. The van der Waals surface area contributed by atoms with Gasteiger partial charge in [0.25, 0.3) is 0 Å². The van der Waals surface area contributed by atoms with Crippen molar-refractivity contribution in [2.24, 2.45) is 7.05 Å². The third kappa shape index (κ3) is 2.83. The third-order valence-electron chi connectivity index (χ3n) is 2.08. The van der Waals surface area contributed by atoms with E-state index in [0.29, 0.717) is 0 Å². The van der Waals surface area contributed by atoms with Crippen LogP contribution in [-0.4, -0.2) is 9.78 Å². The minimum Gasteiger partial charge on any atom is -0.365 e. The molecular weight excluding hydrogens is 254 g/mol. The molecule has 0 aliphatic carbocycles. The number of hydrogen-bond donors (Lipinski definition) is 1. The highest BCUT2D eigenvalue weighted by Gasteiger charge is 1.96. The summed E-state index contributed by atoms with van der Waals surface area (Å²) in [5, 5.41) is 7.50. The molecule has 3 nitrogen and oxygen atoms in total. The number of rotatable bonds is 3. The summed E-state index contributed by atoms with van der Waals surface area (Å²) in [5.74, 6) is 0.900. The van der Waals surface area contributed by atoms with Gasteiger partial charge in [0.2, 0.25) is 0 Å². The molecule has 0 amide bonds. The molecule has 15 heavy (non-hydrogen) atoms. The van der Waals surface area contributed by atoms with E-state index in [-0.39, 0.29) is 0 Å². The van der Waals surface area contributed by atoms with Gasteiger partial charge in [0.15, 0.2) is 0 Å². The van der Waals surface area contributed by atoms with Gasteiger partial charge >= 0.3 is 0 Å². The van der Waals surface area contributed by atoms with Gasteiger partial charge < -0.3 is 5.32 Å². The molecule has 1 N–H and O–H groups in total. The number of halogens is 1. The number of benzene rings is 1. The van der Waals surface area contributed by atoms with Crippen molar-refractivity contribution in [3.8, 4) is 0 Å².